The van der Waals surface area contributed by atoms with Crippen LogP contribution in [-0.2, 0) is 0 Å². The number of piperidine rings is 1. The van der Waals surface area contributed by atoms with Crippen LogP contribution >= 0.6 is 0 Å². The minimum atomic E-state index is 0.687. The van der Waals surface area contributed by atoms with E-state index >= 15 is 0 Å². The smallest absolute Gasteiger partial charge is 0.0361 e. The highest BCUT2D eigenvalue weighted by molar-refractivity contribution is 5.46. The van der Waals surface area contributed by atoms with Crippen molar-refractivity contribution in [2.24, 2.45) is 0 Å². The zero-order chi connectivity index (χ0) is 12.5. The summed E-state index contributed by atoms with van der Waals surface area (Å²) >= 11 is 0. The van der Waals surface area contributed by atoms with Gasteiger partial charge in [0.15, 0.2) is 0 Å². The third kappa shape index (κ3) is 2.14. The molecule has 2 nitrogen and oxygen atoms in total. The van der Waals surface area contributed by atoms with Gasteiger partial charge in [0, 0.05) is 31.9 Å². The molecule has 0 N–H and O–H groups in total. The molecule has 2 atom stereocenters. The molecule has 2 heterocycles. The van der Waals surface area contributed by atoms with Crippen LogP contribution in [0.2, 0.25) is 0 Å². The maximum atomic E-state index is 2.76. The molecule has 0 amide bonds. The average Bonchev–Trinajstić information content (AvgIpc) is 2.82. The van der Waals surface area contributed by atoms with Crippen molar-refractivity contribution in [3.05, 3.63) is 29.8 Å². The first kappa shape index (κ1) is 12.0. The zero-order valence-electron chi connectivity index (χ0n) is 11.6. The van der Waals surface area contributed by atoms with Gasteiger partial charge in [-0.05, 0) is 49.9 Å². The highest BCUT2D eigenvalue weighted by atomic mass is 15.2. The van der Waals surface area contributed by atoms with E-state index in [1.54, 1.807) is 0 Å². The molecule has 1 aromatic carbocycles. The molecule has 0 aliphatic carbocycles. The van der Waals surface area contributed by atoms with Crippen molar-refractivity contribution in [3.8, 4) is 0 Å². The number of nitrogens with zero attached hydrogens (tertiary/aromatic N) is 2. The van der Waals surface area contributed by atoms with E-state index in [0.29, 0.717) is 6.04 Å². The van der Waals surface area contributed by atoms with Crippen molar-refractivity contribution in [1.82, 2.24) is 4.90 Å². The number of hydrogen-bond acceptors (Lipinski definition) is 2. The average molecular weight is 244 g/mol. The van der Waals surface area contributed by atoms with E-state index in [-0.39, 0.29) is 0 Å². The Morgan fingerprint density at radius 2 is 1.78 bits per heavy atom. The third-order valence-corrected chi connectivity index (χ3v) is 4.64. The van der Waals surface area contributed by atoms with Crippen LogP contribution in [0.5, 0.6) is 0 Å². The number of benzene rings is 1. The second kappa shape index (κ2) is 4.93. The Kier molecular flexibility index (Phi) is 3.29. The molecule has 0 saturated carbocycles. The molecule has 2 saturated heterocycles. The Hall–Kier alpha value is -1.02. The van der Waals surface area contributed by atoms with Gasteiger partial charge in [0.2, 0.25) is 0 Å². The molecular formula is C16H24N2. The van der Waals surface area contributed by atoms with Crippen molar-refractivity contribution >= 4 is 5.69 Å². The quantitative estimate of drug-likeness (QED) is 0.786. The van der Waals surface area contributed by atoms with Gasteiger partial charge < -0.3 is 4.90 Å². The molecular weight excluding hydrogens is 220 g/mol. The van der Waals surface area contributed by atoms with E-state index in [1.807, 2.05) is 0 Å². The summed E-state index contributed by atoms with van der Waals surface area (Å²) in [6.07, 6.45) is 7.01. The van der Waals surface area contributed by atoms with Crippen LogP contribution in [0.25, 0.3) is 0 Å². The topological polar surface area (TPSA) is 6.48 Å². The van der Waals surface area contributed by atoms with Crippen molar-refractivity contribution in [2.75, 3.05) is 25.5 Å². The number of hydrogen-bond donors (Lipinski definition) is 0. The first-order chi connectivity index (χ1) is 8.75. The maximum absolute atomic E-state index is 2.76. The fraction of sp³-hybridized carbons (Fsp3) is 0.625. The SMILES string of the molecule is CN(C)c1ccc([C@@H]2CC[C@@H]3CCCCN32)cc1. The van der Waals surface area contributed by atoms with Gasteiger partial charge in [-0.2, -0.15) is 0 Å². The van der Waals surface area contributed by atoms with E-state index in [2.05, 4.69) is 48.2 Å². The summed E-state index contributed by atoms with van der Waals surface area (Å²) in [5, 5.41) is 0. The van der Waals surface area contributed by atoms with Crippen molar-refractivity contribution < 1.29 is 0 Å². The molecule has 18 heavy (non-hydrogen) atoms. The molecule has 2 aliphatic rings. The fourth-order valence-electron chi connectivity index (χ4n) is 3.61. The van der Waals surface area contributed by atoms with E-state index in [9.17, 15) is 0 Å². The van der Waals surface area contributed by atoms with Gasteiger partial charge in [-0.3, -0.25) is 4.90 Å². The van der Waals surface area contributed by atoms with Crippen molar-refractivity contribution in [2.45, 2.75) is 44.2 Å². The Labute approximate surface area is 111 Å². The summed E-state index contributed by atoms with van der Waals surface area (Å²) in [6, 6.07) is 10.7. The summed E-state index contributed by atoms with van der Waals surface area (Å²) in [7, 11) is 4.20. The minimum Gasteiger partial charge on any atom is -0.378 e. The second-order valence-electron chi connectivity index (χ2n) is 5.97. The van der Waals surface area contributed by atoms with E-state index in [1.165, 1.54) is 49.9 Å². The molecule has 98 valence electrons. The monoisotopic (exact) mass is 244 g/mol. The Balaban J connectivity index is 1.78. The lowest BCUT2D eigenvalue weighted by atomic mass is 10.0. The Morgan fingerprint density at radius 1 is 1.00 bits per heavy atom. The van der Waals surface area contributed by atoms with Crippen molar-refractivity contribution in [1.29, 1.82) is 0 Å². The van der Waals surface area contributed by atoms with Crippen LogP contribution in [0.4, 0.5) is 5.69 Å². The van der Waals surface area contributed by atoms with Crippen molar-refractivity contribution in [3.63, 3.8) is 0 Å². The lowest BCUT2D eigenvalue weighted by Crippen LogP contribution is -2.35. The predicted molar refractivity (Wildman–Crippen MR) is 77.1 cm³/mol. The molecule has 0 radical (unpaired) electrons. The van der Waals surface area contributed by atoms with Crippen LogP contribution in [0.15, 0.2) is 24.3 Å². The number of fused-ring (bicyclic) bond motifs is 1. The molecule has 0 spiro atoms. The van der Waals surface area contributed by atoms with Gasteiger partial charge in [0.05, 0.1) is 0 Å². The van der Waals surface area contributed by atoms with E-state index < -0.39 is 0 Å². The number of rotatable bonds is 2. The summed E-state index contributed by atoms with van der Waals surface area (Å²) in [5.74, 6) is 0. The number of anilines is 1. The van der Waals surface area contributed by atoms with Gasteiger partial charge in [-0.1, -0.05) is 18.6 Å². The van der Waals surface area contributed by atoms with Gasteiger partial charge in [-0.15, -0.1) is 0 Å². The van der Waals surface area contributed by atoms with E-state index in [4.69, 9.17) is 0 Å². The molecule has 2 aliphatic heterocycles. The first-order valence-electron chi connectivity index (χ1n) is 7.29. The summed E-state index contributed by atoms with van der Waals surface area (Å²) in [4.78, 5) is 4.93. The van der Waals surface area contributed by atoms with Gasteiger partial charge >= 0.3 is 0 Å². The third-order valence-electron chi connectivity index (χ3n) is 4.64. The molecule has 0 bridgehead atoms. The molecule has 2 heteroatoms. The normalized spacial score (nSPS) is 28.1. The minimum absolute atomic E-state index is 0.687. The highest BCUT2D eigenvalue weighted by Gasteiger charge is 2.35. The largest absolute Gasteiger partial charge is 0.378 e. The molecule has 0 unspecified atom stereocenters. The molecule has 2 fully saturated rings. The fourth-order valence-corrected chi connectivity index (χ4v) is 3.61. The first-order valence-corrected chi connectivity index (χ1v) is 7.29. The lowest BCUT2D eigenvalue weighted by Gasteiger charge is -2.34. The molecule has 1 aromatic rings. The van der Waals surface area contributed by atoms with Crippen LogP contribution in [0.3, 0.4) is 0 Å². The summed E-state index contributed by atoms with van der Waals surface area (Å²) in [6.45, 7) is 1.31. The van der Waals surface area contributed by atoms with Crippen LogP contribution in [0, 0.1) is 0 Å². The molecule has 0 aromatic heterocycles. The Bertz CT molecular complexity index is 396. The van der Waals surface area contributed by atoms with Gasteiger partial charge in [0.1, 0.15) is 0 Å². The lowest BCUT2D eigenvalue weighted by molar-refractivity contribution is 0.150. The summed E-state index contributed by atoms with van der Waals surface area (Å²) in [5.41, 5.74) is 2.82. The predicted octanol–water partition coefficient (Wildman–Crippen LogP) is 3.44. The second-order valence-corrected chi connectivity index (χ2v) is 5.97. The van der Waals surface area contributed by atoms with Gasteiger partial charge in [-0.25, -0.2) is 0 Å². The maximum Gasteiger partial charge on any atom is 0.0361 e. The van der Waals surface area contributed by atoms with Crippen LogP contribution in [0.1, 0.15) is 43.7 Å². The summed E-state index contributed by atoms with van der Waals surface area (Å²) < 4.78 is 0. The van der Waals surface area contributed by atoms with Gasteiger partial charge in [0.25, 0.3) is 0 Å². The van der Waals surface area contributed by atoms with E-state index in [0.717, 1.165) is 6.04 Å². The standard InChI is InChI=1S/C16H24N2/c1-17(2)14-8-6-13(7-9-14)16-11-10-15-5-3-4-12-18(15)16/h6-9,15-16H,3-5,10-12H2,1-2H3/t15-,16-/m0/s1. The highest BCUT2D eigenvalue weighted by Crippen LogP contribution is 2.40. The van der Waals surface area contributed by atoms with Crippen LogP contribution < -0.4 is 4.90 Å². The Morgan fingerprint density at radius 3 is 2.50 bits per heavy atom. The zero-order valence-corrected chi connectivity index (χ0v) is 11.6. The molecule has 3 rings (SSSR count). The van der Waals surface area contributed by atoms with Crippen LogP contribution in [-0.4, -0.2) is 31.6 Å².